The predicted molar refractivity (Wildman–Crippen MR) is 166 cm³/mol. The van der Waals surface area contributed by atoms with Crippen molar-refractivity contribution < 1.29 is 9.59 Å². The van der Waals surface area contributed by atoms with Gasteiger partial charge in [-0.15, -0.1) is 0 Å². The van der Waals surface area contributed by atoms with Gasteiger partial charge in [0.25, 0.3) is 0 Å². The van der Waals surface area contributed by atoms with Crippen LogP contribution in [0.15, 0.2) is 48.7 Å². The van der Waals surface area contributed by atoms with Crippen LogP contribution in [0.5, 0.6) is 0 Å². The molecule has 9 nitrogen and oxygen atoms in total. The Bertz CT molecular complexity index is 1350. The number of halogens is 1. The molecule has 0 bridgehead atoms. The summed E-state index contributed by atoms with van der Waals surface area (Å²) in [5.74, 6) is 1.56. The second-order valence-corrected chi connectivity index (χ2v) is 11.7. The Kier molecular flexibility index (Phi) is 9.83. The second-order valence-electron chi connectivity index (χ2n) is 11.3. The Balaban J connectivity index is 1.40. The molecule has 1 aliphatic rings. The molecule has 41 heavy (non-hydrogen) atoms. The van der Waals surface area contributed by atoms with E-state index in [1.165, 1.54) is 5.56 Å². The zero-order chi connectivity index (χ0) is 29.6. The highest BCUT2D eigenvalue weighted by Gasteiger charge is 2.26. The third kappa shape index (κ3) is 7.54. The Morgan fingerprint density at radius 3 is 2.49 bits per heavy atom. The van der Waals surface area contributed by atoms with E-state index in [1.54, 1.807) is 6.20 Å². The maximum absolute atomic E-state index is 12.4. The molecular formula is C31H40ClN7O2. The zero-order valence-electron chi connectivity index (χ0n) is 24.5. The van der Waals surface area contributed by atoms with Crippen LogP contribution >= 0.6 is 11.6 Å². The number of rotatable bonds is 11. The molecule has 2 heterocycles. The number of aldehydes is 1. The summed E-state index contributed by atoms with van der Waals surface area (Å²) in [4.78, 5) is 37.1. The number of piperidine rings is 1. The van der Waals surface area contributed by atoms with Crippen molar-refractivity contribution in [3.05, 3.63) is 70.4 Å². The van der Waals surface area contributed by atoms with Crippen LogP contribution in [0.25, 0.3) is 0 Å². The van der Waals surface area contributed by atoms with Gasteiger partial charge in [-0.1, -0.05) is 35.9 Å². The zero-order valence-corrected chi connectivity index (χ0v) is 25.3. The van der Waals surface area contributed by atoms with Gasteiger partial charge < -0.3 is 30.5 Å². The van der Waals surface area contributed by atoms with Crippen molar-refractivity contribution in [2.24, 2.45) is 0 Å². The molecular weight excluding hydrogens is 538 g/mol. The summed E-state index contributed by atoms with van der Waals surface area (Å²) in [6.07, 6.45) is 4.46. The standard InChI is InChI=1S/C31H40ClN7O2/c1-31(2,20-40)28-23(7-6-8-26(28)33-3)17-34-29-25(32)18-35-30(37-29)36-24-11-9-21(10-12-24)22-13-15-39(16-14-22)27(41)19-38(4)5/h6-12,18,20,22,33H,13-17,19H2,1-5H3,(H2,34,35,36,37). The minimum Gasteiger partial charge on any atom is -0.388 e. The molecule has 3 aromatic rings. The van der Waals surface area contributed by atoms with Gasteiger partial charge in [-0.05, 0) is 81.6 Å². The molecule has 4 rings (SSSR count). The van der Waals surface area contributed by atoms with Crippen molar-refractivity contribution in [2.75, 3.05) is 56.7 Å². The third-order valence-electron chi connectivity index (χ3n) is 7.49. The van der Waals surface area contributed by atoms with Crippen LogP contribution in [0.1, 0.15) is 49.3 Å². The van der Waals surface area contributed by atoms with Crippen LogP contribution in [-0.2, 0) is 21.5 Å². The number of benzene rings is 2. The van der Waals surface area contributed by atoms with E-state index in [0.717, 1.165) is 54.7 Å². The van der Waals surface area contributed by atoms with Gasteiger partial charge in [-0.25, -0.2) is 4.98 Å². The summed E-state index contributed by atoms with van der Waals surface area (Å²) in [7, 11) is 5.69. The number of likely N-dealkylation sites (tertiary alicyclic amines) is 1. The van der Waals surface area contributed by atoms with Crippen molar-refractivity contribution in [3.8, 4) is 0 Å². The number of carbonyl (C=O) groups excluding carboxylic acids is 2. The maximum Gasteiger partial charge on any atom is 0.236 e. The molecule has 1 aliphatic heterocycles. The first-order chi connectivity index (χ1) is 19.6. The Hall–Kier alpha value is -3.69. The molecule has 0 radical (unpaired) electrons. The number of hydrogen-bond acceptors (Lipinski definition) is 8. The van der Waals surface area contributed by atoms with Crippen LogP contribution < -0.4 is 16.0 Å². The van der Waals surface area contributed by atoms with E-state index < -0.39 is 5.41 Å². The average Bonchev–Trinajstić information content (AvgIpc) is 2.97. The lowest BCUT2D eigenvalue weighted by Gasteiger charge is -2.33. The predicted octanol–water partition coefficient (Wildman–Crippen LogP) is 5.27. The van der Waals surface area contributed by atoms with Gasteiger partial charge >= 0.3 is 0 Å². The lowest BCUT2D eigenvalue weighted by Crippen LogP contribution is -2.42. The van der Waals surface area contributed by atoms with Crippen molar-refractivity contribution in [2.45, 2.75) is 44.6 Å². The molecule has 0 unspecified atom stereocenters. The summed E-state index contributed by atoms with van der Waals surface area (Å²) >= 11 is 6.43. The fourth-order valence-corrected chi connectivity index (χ4v) is 5.46. The number of hydrogen-bond donors (Lipinski definition) is 3. The van der Waals surface area contributed by atoms with E-state index in [1.807, 2.05) is 75.1 Å². The fourth-order valence-electron chi connectivity index (χ4n) is 5.31. The number of carbonyl (C=O) groups is 2. The van der Waals surface area contributed by atoms with Gasteiger partial charge in [0.15, 0.2) is 5.82 Å². The largest absolute Gasteiger partial charge is 0.388 e. The monoisotopic (exact) mass is 577 g/mol. The Morgan fingerprint density at radius 2 is 1.85 bits per heavy atom. The number of amides is 1. The number of aromatic nitrogens is 2. The number of likely N-dealkylation sites (N-methyl/N-ethyl adjacent to an activating group) is 1. The van der Waals surface area contributed by atoms with E-state index in [-0.39, 0.29) is 5.91 Å². The van der Waals surface area contributed by atoms with E-state index in [0.29, 0.717) is 35.8 Å². The first-order valence-corrected chi connectivity index (χ1v) is 14.3. The van der Waals surface area contributed by atoms with Gasteiger partial charge in [0.05, 0.1) is 12.7 Å². The minimum atomic E-state index is -0.661. The lowest BCUT2D eigenvalue weighted by atomic mass is 9.81. The molecule has 3 N–H and O–H groups in total. The average molecular weight is 578 g/mol. The molecule has 1 saturated heterocycles. The highest BCUT2D eigenvalue weighted by atomic mass is 35.5. The third-order valence-corrected chi connectivity index (χ3v) is 7.76. The molecule has 1 aromatic heterocycles. The van der Waals surface area contributed by atoms with Crippen LogP contribution in [0.4, 0.5) is 23.1 Å². The Labute approximate surface area is 247 Å². The summed E-state index contributed by atoms with van der Waals surface area (Å²) in [6.45, 7) is 6.28. The first-order valence-electron chi connectivity index (χ1n) is 13.9. The summed E-state index contributed by atoms with van der Waals surface area (Å²) in [6, 6.07) is 14.2. The highest BCUT2D eigenvalue weighted by Crippen LogP contribution is 2.33. The van der Waals surface area contributed by atoms with Gasteiger partial charge in [0.1, 0.15) is 11.3 Å². The number of nitrogens with zero attached hydrogens (tertiary/aromatic N) is 4. The lowest BCUT2D eigenvalue weighted by molar-refractivity contribution is -0.132. The van der Waals surface area contributed by atoms with Gasteiger partial charge in [0.2, 0.25) is 11.9 Å². The summed E-state index contributed by atoms with van der Waals surface area (Å²) < 4.78 is 0. The smallest absolute Gasteiger partial charge is 0.236 e. The van der Waals surface area contributed by atoms with E-state index in [2.05, 4.69) is 38.1 Å². The van der Waals surface area contributed by atoms with E-state index in [9.17, 15) is 9.59 Å². The van der Waals surface area contributed by atoms with Crippen LogP contribution in [-0.4, -0.2) is 72.7 Å². The molecule has 0 saturated carbocycles. The van der Waals surface area contributed by atoms with Crippen molar-refractivity contribution in [1.29, 1.82) is 0 Å². The molecule has 218 valence electrons. The van der Waals surface area contributed by atoms with Crippen LogP contribution in [0, 0.1) is 0 Å². The SMILES string of the molecule is CNc1cccc(CNc2nc(Nc3ccc(C4CCN(C(=O)CN(C)C)CC4)cc3)ncc2Cl)c1C(C)(C)C=O. The highest BCUT2D eigenvalue weighted by molar-refractivity contribution is 6.32. The maximum atomic E-state index is 12.4. The van der Waals surface area contributed by atoms with E-state index >= 15 is 0 Å². The quantitative estimate of drug-likeness (QED) is 0.265. The molecule has 1 amide bonds. The second kappa shape index (κ2) is 13.3. The number of anilines is 4. The first kappa shape index (κ1) is 30.3. The molecule has 0 spiro atoms. The van der Waals surface area contributed by atoms with E-state index in [4.69, 9.17) is 11.6 Å². The molecule has 0 atom stereocenters. The topological polar surface area (TPSA) is 102 Å². The van der Waals surface area contributed by atoms with Crippen molar-refractivity contribution in [1.82, 2.24) is 19.8 Å². The normalized spacial score (nSPS) is 14.2. The van der Waals surface area contributed by atoms with Crippen LogP contribution in [0.2, 0.25) is 5.02 Å². The molecule has 10 heteroatoms. The fraction of sp³-hybridized carbons (Fsp3) is 0.419. The van der Waals surface area contributed by atoms with Crippen LogP contribution in [0.3, 0.4) is 0 Å². The van der Waals surface area contributed by atoms with Gasteiger partial charge in [-0.2, -0.15) is 4.98 Å². The molecule has 1 fully saturated rings. The Morgan fingerprint density at radius 1 is 1.15 bits per heavy atom. The van der Waals surface area contributed by atoms with Gasteiger partial charge in [0, 0.05) is 43.5 Å². The molecule has 0 aliphatic carbocycles. The van der Waals surface area contributed by atoms with Gasteiger partial charge in [-0.3, -0.25) is 4.79 Å². The van der Waals surface area contributed by atoms with Crippen molar-refractivity contribution in [3.63, 3.8) is 0 Å². The minimum absolute atomic E-state index is 0.196. The summed E-state index contributed by atoms with van der Waals surface area (Å²) in [5.41, 5.74) is 4.29. The summed E-state index contributed by atoms with van der Waals surface area (Å²) in [5, 5.41) is 10.2. The van der Waals surface area contributed by atoms with Crippen molar-refractivity contribution >= 4 is 46.9 Å². The number of nitrogens with one attached hydrogen (secondary N) is 3. The molecule has 2 aromatic carbocycles.